The zero-order valence-electron chi connectivity index (χ0n) is 11.9. The Hall–Kier alpha value is -1.62. The van der Waals surface area contributed by atoms with Gasteiger partial charge >= 0.3 is 0 Å². The minimum absolute atomic E-state index is 0.0382. The van der Waals surface area contributed by atoms with Crippen molar-refractivity contribution in [3.63, 3.8) is 0 Å². The predicted molar refractivity (Wildman–Crippen MR) is 81.2 cm³/mol. The van der Waals surface area contributed by atoms with Crippen molar-refractivity contribution in [2.24, 2.45) is 0 Å². The molecule has 1 aliphatic rings. The first-order valence-electron chi connectivity index (χ1n) is 7.34. The quantitative estimate of drug-likeness (QED) is 0.838. The SMILES string of the molecule is O=C(CNC(=O)c1cc(Cl)ccn1)NC1CCCCCC1. The lowest BCUT2D eigenvalue weighted by molar-refractivity contribution is -0.120. The van der Waals surface area contributed by atoms with E-state index in [0.29, 0.717) is 5.02 Å². The highest BCUT2D eigenvalue weighted by Crippen LogP contribution is 2.16. The Morgan fingerprint density at radius 2 is 1.95 bits per heavy atom. The van der Waals surface area contributed by atoms with E-state index in [0.717, 1.165) is 25.7 Å². The summed E-state index contributed by atoms with van der Waals surface area (Å²) in [5, 5.41) is 5.98. The molecule has 0 radical (unpaired) electrons. The number of halogens is 1. The molecule has 1 fully saturated rings. The fourth-order valence-electron chi connectivity index (χ4n) is 2.48. The van der Waals surface area contributed by atoms with E-state index in [1.54, 1.807) is 6.07 Å². The molecule has 0 saturated heterocycles. The number of hydrogen-bond acceptors (Lipinski definition) is 3. The first-order valence-corrected chi connectivity index (χ1v) is 7.72. The minimum atomic E-state index is -0.395. The first kappa shape index (κ1) is 15.8. The molecule has 5 nitrogen and oxygen atoms in total. The molecular formula is C15H20ClN3O2. The molecule has 1 aromatic heterocycles. The normalized spacial score (nSPS) is 16.0. The van der Waals surface area contributed by atoms with Crippen LogP contribution in [0.1, 0.15) is 49.0 Å². The molecule has 0 unspecified atom stereocenters. The summed E-state index contributed by atoms with van der Waals surface area (Å²) in [7, 11) is 0. The smallest absolute Gasteiger partial charge is 0.270 e. The molecular weight excluding hydrogens is 290 g/mol. The molecule has 2 amide bonds. The number of amides is 2. The summed E-state index contributed by atoms with van der Waals surface area (Å²) < 4.78 is 0. The lowest BCUT2D eigenvalue weighted by Gasteiger charge is -2.16. The maximum atomic E-state index is 11.9. The summed E-state index contributed by atoms with van der Waals surface area (Å²) >= 11 is 5.80. The van der Waals surface area contributed by atoms with Crippen molar-refractivity contribution >= 4 is 23.4 Å². The molecule has 1 heterocycles. The highest BCUT2D eigenvalue weighted by Gasteiger charge is 2.15. The average Bonchev–Trinajstić information content (AvgIpc) is 2.73. The van der Waals surface area contributed by atoms with E-state index in [-0.39, 0.29) is 24.2 Å². The summed E-state index contributed by atoms with van der Waals surface area (Å²) in [5.74, 6) is -0.550. The summed E-state index contributed by atoms with van der Waals surface area (Å²) in [4.78, 5) is 27.6. The van der Waals surface area contributed by atoms with Crippen molar-refractivity contribution in [2.45, 2.75) is 44.6 Å². The van der Waals surface area contributed by atoms with Crippen molar-refractivity contribution < 1.29 is 9.59 Å². The van der Waals surface area contributed by atoms with Gasteiger partial charge in [-0.05, 0) is 25.0 Å². The van der Waals surface area contributed by atoms with Crippen LogP contribution in [0.15, 0.2) is 18.3 Å². The Bertz CT molecular complexity index is 499. The average molecular weight is 310 g/mol. The van der Waals surface area contributed by atoms with Crippen LogP contribution in [0.4, 0.5) is 0 Å². The van der Waals surface area contributed by atoms with Crippen LogP contribution >= 0.6 is 11.6 Å². The monoisotopic (exact) mass is 309 g/mol. The Labute approximate surface area is 129 Å². The number of hydrogen-bond donors (Lipinski definition) is 2. The second-order valence-electron chi connectivity index (χ2n) is 5.30. The molecule has 114 valence electrons. The second-order valence-corrected chi connectivity index (χ2v) is 5.73. The third-order valence-corrected chi connectivity index (χ3v) is 3.82. The third kappa shape index (κ3) is 5.34. The van der Waals surface area contributed by atoms with Gasteiger partial charge in [0.2, 0.25) is 5.91 Å². The van der Waals surface area contributed by atoms with Crippen LogP contribution in [0.2, 0.25) is 5.02 Å². The van der Waals surface area contributed by atoms with Gasteiger partial charge in [-0.3, -0.25) is 14.6 Å². The van der Waals surface area contributed by atoms with Gasteiger partial charge in [0, 0.05) is 17.3 Å². The van der Waals surface area contributed by atoms with E-state index >= 15 is 0 Å². The largest absolute Gasteiger partial charge is 0.352 e. The zero-order valence-corrected chi connectivity index (χ0v) is 12.7. The topological polar surface area (TPSA) is 71.1 Å². The van der Waals surface area contributed by atoms with Gasteiger partial charge in [-0.25, -0.2) is 0 Å². The highest BCUT2D eigenvalue weighted by molar-refractivity contribution is 6.30. The zero-order chi connectivity index (χ0) is 15.1. The lowest BCUT2D eigenvalue weighted by atomic mass is 10.1. The van der Waals surface area contributed by atoms with E-state index in [2.05, 4.69) is 15.6 Å². The number of carbonyl (C=O) groups excluding carboxylic acids is 2. The van der Waals surface area contributed by atoms with Crippen LogP contribution in [-0.4, -0.2) is 29.4 Å². The van der Waals surface area contributed by atoms with Gasteiger partial charge < -0.3 is 10.6 Å². The van der Waals surface area contributed by atoms with Gasteiger partial charge in [-0.1, -0.05) is 37.3 Å². The van der Waals surface area contributed by atoms with Gasteiger partial charge in [-0.15, -0.1) is 0 Å². The summed E-state index contributed by atoms with van der Waals surface area (Å²) in [6, 6.07) is 3.30. The van der Waals surface area contributed by atoms with Crippen LogP contribution in [0.25, 0.3) is 0 Å². The number of carbonyl (C=O) groups is 2. The fourth-order valence-corrected chi connectivity index (χ4v) is 2.64. The van der Waals surface area contributed by atoms with E-state index in [4.69, 9.17) is 11.6 Å². The van der Waals surface area contributed by atoms with Crippen LogP contribution in [0.3, 0.4) is 0 Å². The number of nitrogens with zero attached hydrogens (tertiary/aromatic N) is 1. The standard InChI is InChI=1S/C15H20ClN3O2/c16-11-7-8-17-13(9-11)15(21)18-10-14(20)19-12-5-3-1-2-4-6-12/h7-9,12H,1-6,10H2,(H,18,21)(H,19,20). The van der Waals surface area contributed by atoms with E-state index in [1.165, 1.54) is 25.1 Å². The Kier molecular flexibility index (Phi) is 5.99. The molecule has 1 aromatic rings. The summed E-state index contributed by atoms with van der Waals surface area (Å²) in [5.41, 5.74) is 0.213. The van der Waals surface area contributed by atoms with E-state index < -0.39 is 5.91 Å². The maximum Gasteiger partial charge on any atom is 0.270 e. The number of aromatic nitrogens is 1. The molecule has 0 aromatic carbocycles. The Balaban J connectivity index is 1.76. The Morgan fingerprint density at radius 3 is 2.62 bits per heavy atom. The summed E-state index contributed by atoms with van der Waals surface area (Å²) in [6.07, 6.45) is 8.30. The molecule has 1 saturated carbocycles. The minimum Gasteiger partial charge on any atom is -0.352 e. The fraction of sp³-hybridized carbons (Fsp3) is 0.533. The van der Waals surface area contributed by atoms with Gasteiger partial charge in [0.15, 0.2) is 0 Å². The number of rotatable bonds is 4. The molecule has 0 bridgehead atoms. The molecule has 2 N–H and O–H groups in total. The summed E-state index contributed by atoms with van der Waals surface area (Å²) in [6.45, 7) is -0.0382. The molecule has 6 heteroatoms. The van der Waals surface area contributed by atoms with Gasteiger partial charge in [0.25, 0.3) is 5.91 Å². The van der Waals surface area contributed by atoms with E-state index in [1.807, 2.05) is 0 Å². The predicted octanol–water partition coefficient (Wildman–Crippen LogP) is 2.30. The number of nitrogens with one attached hydrogen (secondary N) is 2. The molecule has 0 atom stereocenters. The Morgan fingerprint density at radius 1 is 1.24 bits per heavy atom. The van der Waals surface area contributed by atoms with Crippen molar-refractivity contribution in [3.05, 3.63) is 29.0 Å². The molecule has 0 aliphatic heterocycles. The molecule has 21 heavy (non-hydrogen) atoms. The first-order chi connectivity index (χ1) is 10.1. The van der Waals surface area contributed by atoms with Crippen molar-refractivity contribution in [1.29, 1.82) is 0 Å². The van der Waals surface area contributed by atoms with Crippen LogP contribution in [-0.2, 0) is 4.79 Å². The van der Waals surface area contributed by atoms with Crippen molar-refractivity contribution in [1.82, 2.24) is 15.6 Å². The van der Waals surface area contributed by atoms with Gasteiger partial charge in [-0.2, -0.15) is 0 Å². The van der Waals surface area contributed by atoms with Crippen LogP contribution in [0, 0.1) is 0 Å². The third-order valence-electron chi connectivity index (χ3n) is 3.58. The van der Waals surface area contributed by atoms with Gasteiger partial charge in [0.05, 0.1) is 6.54 Å². The molecule has 2 rings (SSSR count). The lowest BCUT2D eigenvalue weighted by Crippen LogP contribution is -2.42. The molecule has 0 spiro atoms. The number of pyridine rings is 1. The van der Waals surface area contributed by atoms with Crippen LogP contribution in [0.5, 0.6) is 0 Å². The highest BCUT2D eigenvalue weighted by atomic mass is 35.5. The van der Waals surface area contributed by atoms with Crippen LogP contribution < -0.4 is 10.6 Å². The van der Waals surface area contributed by atoms with E-state index in [9.17, 15) is 9.59 Å². The maximum absolute atomic E-state index is 11.9. The molecule has 1 aliphatic carbocycles. The van der Waals surface area contributed by atoms with Gasteiger partial charge in [0.1, 0.15) is 5.69 Å². The van der Waals surface area contributed by atoms with Crippen molar-refractivity contribution in [3.8, 4) is 0 Å². The van der Waals surface area contributed by atoms with Crippen molar-refractivity contribution in [2.75, 3.05) is 6.54 Å². The second kappa shape index (κ2) is 7.98.